The summed E-state index contributed by atoms with van der Waals surface area (Å²) in [4.78, 5) is 104. The van der Waals surface area contributed by atoms with Crippen LogP contribution in [-0.4, -0.2) is 267 Å². The molecule has 0 amide bonds. The lowest BCUT2D eigenvalue weighted by atomic mass is 10.0. The van der Waals surface area contributed by atoms with Crippen molar-refractivity contribution in [3.63, 3.8) is 0 Å². The fourth-order valence-electron chi connectivity index (χ4n) is 11.1. The van der Waals surface area contributed by atoms with E-state index in [9.17, 15) is 79.2 Å². The summed E-state index contributed by atoms with van der Waals surface area (Å²) in [6.07, 6.45) is 15.8. The number of aryl methyl sites for hydroxylation is 3. The Bertz CT molecular complexity index is 3850. The maximum atomic E-state index is 12.2. The Labute approximate surface area is 557 Å². The van der Waals surface area contributed by atoms with Crippen LogP contribution in [0, 0.1) is 0 Å². The van der Waals surface area contributed by atoms with Crippen LogP contribution in [0.1, 0.15) is 99.3 Å². The zero-order valence-electron chi connectivity index (χ0n) is 56.8. The third-order valence-corrected chi connectivity index (χ3v) is 22.5. The number of H-pyrrole nitrogens is 4. The number of aromatic nitrogens is 8. The maximum absolute atomic E-state index is 12.2. The van der Waals surface area contributed by atoms with Crippen LogP contribution < -0.4 is 45.0 Å². The van der Waals surface area contributed by atoms with Gasteiger partial charge < -0.3 is 64.9 Å². The van der Waals surface area contributed by atoms with Crippen LogP contribution in [0.3, 0.4) is 0 Å². The molecule has 4 aromatic heterocycles. The van der Waals surface area contributed by atoms with E-state index < -0.39 is 170 Å². The van der Waals surface area contributed by atoms with Gasteiger partial charge in [-0.2, -0.15) is 0 Å². The SMILES string of the molecule is C=CCCn1cc([C@@H]2O[C@H](CCP(=C)(C)C)[C@@H](O)[C@H]2O)c(=O)[nH]c1=O.C=P(C)(C)CC[C@H]1O[C@@H](c2cn(CCO)c(=O)[nH]c2=O)[C@H](O)[C@@H]1O.C=P(C)(C)CC[C@H]1O[C@@H](n2cc(CC)c(=O)[nH]c2=O)[C@H](O)[C@@H]1O.C=P(C)(C)CC[C@H]1O[C@@H](n2cc(CCC)c(=O)[nH]c2=O)[C@H](O)[C@@H]1O. The largest absolute Gasteiger partial charge is 0.395 e. The van der Waals surface area contributed by atoms with Gasteiger partial charge in [0.05, 0.1) is 48.7 Å². The van der Waals surface area contributed by atoms with E-state index in [-0.39, 0.29) is 24.3 Å². The molecule has 0 bridgehead atoms. The molecule has 29 nitrogen and oxygen atoms in total. The summed E-state index contributed by atoms with van der Waals surface area (Å²) in [5, 5.41) is 91.0. The summed E-state index contributed by atoms with van der Waals surface area (Å²) in [5.74, 6) is 0. The lowest BCUT2D eigenvalue weighted by molar-refractivity contribution is -0.0404. The molecule has 0 unspecified atom stereocenters. The molecular weight excluding hydrogens is 1330 g/mol. The van der Waals surface area contributed by atoms with Crippen LogP contribution >= 0.6 is 27.5 Å². The first kappa shape index (κ1) is 81.8. The lowest BCUT2D eigenvalue weighted by Crippen LogP contribution is -2.38. The van der Waals surface area contributed by atoms with E-state index in [2.05, 4.69) is 105 Å². The Morgan fingerprint density at radius 3 is 1.10 bits per heavy atom. The average molecular weight is 1430 g/mol. The lowest BCUT2D eigenvalue weighted by Gasteiger charge is -2.19. The smallest absolute Gasteiger partial charge is 0.330 e. The number of rotatable bonds is 24. The summed E-state index contributed by atoms with van der Waals surface area (Å²) < 4.78 is 27.8. The first-order chi connectivity index (χ1) is 44.5. The standard InChI is InChI=1S/C17H27N2O5P.C16H27N2O5P.C15H25N2O6P.C15H25N2O5P/c1-5-6-8-19-10-11(16(22)18-17(19)23)15-14(21)13(20)12(24-15)7-9-25(2,3)4;1-5-6-10-9-18(16(22)17-14(10)21)15-13(20)12(19)11(23-15)7-8-24(2,3)4;1-24(2,3)7-4-10-11(19)12(20)13(23-10)9-8-17(5-6-18)15(22)16-14(9)21;1-5-9-8-17(15(21)16-13(9)20)14-12(19)11(18)10(22-14)6-7-23(2,3)4/h5,10,12-15,20-21H,1-2,6-9H2,3-4H3,(H,18,22,23);9,11-13,15,19-20H,2,5-8H2,1,3-4H3,(H,17,21,22);8,10-13,18-20H,1,4-7H2,2-3H3,(H,16,21,22);8,10-12,14,18-19H,2,5-7H2,1,3-4H3,(H,16,20,21)/t12-,13-,14-,15+;11-,12-,13-,15-;10-,11-,12-,13+;10-,11-,12-,14-/m1111/s1. The van der Waals surface area contributed by atoms with Crippen molar-refractivity contribution in [3.05, 3.63) is 143 Å². The van der Waals surface area contributed by atoms with Crippen LogP contribution in [-0.2, 0) is 44.9 Å². The number of ether oxygens (including phenoxy) is 4. The number of aliphatic hydroxyl groups is 9. The van der Waals surface area contributed by atoms with Crippen molar-refractivity contribution in [3.8, 4) is 0 Å². The Hall–Kier alpha value is -4.86. The third kappa shape index (κ3) is 22.6. The summed E-state index contributed by atoms with van der Waals surface area (Å²) in [6, 6.07) is 0. The molecule has 0 aromatic carbocycles. The molecule has 33 heteroatoms. The van der Waals surface area contributed by atoms with Crippen LogP contribution in [0.5, 0.6) is 0 Å². The van der Waals surface area contributed by atoms with Crippen molar-refractivity contribution < 1.29 is 64.9 Å². The number of hydrogen-bond acceptors (Lipinski definition) is 21. The van der Waals surface area contributed by atoms with Crippen LogP contribution in [0.2, 0.25) is 0 Å². The minimum absolute atomic E-state index is 0.0115. The number of nitrogens with one attached hydrogen (secondary N) is 4. The molecule has 4 aliphatic heterocycles. The molecule has 8 heterocycles. The van der Waals surface area contributed by atoms with Gasteiger partial charge in [0.2, 0.25) is 0 Å². The number of aromatic amines is 4. The van der Waals surface area contributed by atoms with E-state index in [0.29, 0.717) is 62.6 Å². The van der Waals surface area contributed by atoms with E-state index in [4.69, 9.17) is 24.1 Å². The van der Waals surface area contributed by atoms with Crippen molar-refractivity contribution in [2.45, 2.75) is 176 Å². The van der Waals surface area contributed by atoms with Gasteiger partial charge in [0, 0.05) is 42.5 Å². The van der Waals surface area contributed by atoms with Crippen molar-refractivity contribution in [1.29, 1.82) is 0 Å². The fourth-order valence-corrected chi connectivity index (χ4v) is 14.9. The molecule has 0 aliphatic carbocycles. The maximum Gasteiger partial charge on any atom is 0.330 e. The van der Waals surface area contributed by atoms with E-state index in [1.54, 1.807) is 13.0 Å². The van der Waals surface area contributed by atoms with Gasteiger partial charge in [0.15, 0.2) is 12.5 Å². The second-order valence-corrected chi connectivity index (χ2v) is 44.9. The second kappa shape index (κ2) is 35.0. The zero-order valence-corrected chi connectivity index (χ0v) is 60.3. The normalized spacial score (nSPS) is 27.5. The van der Waals surface area contributed by atoms with Gasteiger partial charge in [0.1, 0.15) is 61.0 Å². The predicted molar refractivity (Wildman–Crippen MR) is 383 cm³/mol. The average Bonchev–Trinajstić information content (AvgIpc) is 1.62. The van der Waals surface area contributed by atoms with E-state index >= 15 is 0 Å². The quantitative estimate of drug-likeness (QED) is 0.0301. The molecule has 0 saturated carbocycles. The van der Waals surface area contributed by atoms with Gasteiger partial charge in [-0.25, -0.2) is 19.2 Å². The molecule has 8 rings (SSSR count). The molecule has 16 atom stereocenters. The number of allylic oxidation sites excluding steroid dienone is 1. The molecule has 4 aromatic rings. The molecule has 96 heavy (non-hydrogen) atoms. The van der Waals surface area contributed by atoms with E-state index in [1.165, 1.54) is 33.9 Å². The summed E-state index contributed by atoms with van der Waals surface area (Å²) in [5.41, 5.74) is -3.56. The van der Waals surface area contributed by atoms with Gasteiger partial charge in [-0.05, 0) is 123 Å². The van der Waals surface area contributed by atoms with Crippen molar-refractivity contribution in [2.24, 2.45) is 0 Å². The summed E-state index contributed by atoms with van der Waals surface area (Å²) in [7, 11) is 0. The third-order valence-electron chi connectivity index (χ3n) is 16.6. The van der Waals surface area contributed by atoms with E-state index in [1.807, 2.05) is 6.92 Å². The molecule has 4 saturated heterocycles. The number of aliphatic hydroxyl groups excluding tert-OH is 9. The highest BCUT2D eigenvalue weighted by Crippen LogP contribution is 2.43. The number of nitrogens with zero attached hydrogens (tertiary/aromatic N) is 4. The van der Waals surface area contributed by atoms with Crippen LogP contribution in [0.25, 0.3) is 0 Å². The molecule has 542 valence electrons. The van der Waals surface area contributed by atoms with Gasteiger partial charge >= 0.3 is 22.8 Å². The highest BCUT2D eigenvalue weighted by molar-refractivity contribution is 7.73. The van der Waals surface area contributed by atoms with Gasteiger partial charge in [0.25, 0.3) is 22.2 Å². The number of hydrogen-bond donors (Lipinski definition) is 13. The zero-order chi connectivity index (χ0) is 72.3. The monoisotopic (exact) mass is 1430 g/mol. The summed E-state index contributed by atoms with van der Waals surface area (Å²) >= 11 is 0. The molecule has 13 N–H and O–H groups in total. The molecule has 0 radical (unpaired) electrons. The molecular formula is C63H104N8O21P4. The first-order valence-corrected chi connectivity index (χ1v) is 44.1. The first-order valence-electron chi connectivity index (χ1n) is 31.9. The van der Waals surface area contributed by atoms with Crippen LogP contribution in [0.15, 0.2) is 75.8 Å². The predicted octanol–water partition coefficient (Wildman–Crippen LogP) is -0.811. The minimum Gasteiger partial charge on any atom is -0.395 e. The van der Waals surface area contributed by atoms with Crippen LogP contribution in [0.4, 0.5) is 0 Å². The minimum atomic E-state index is -1.30. The Kier molecular flexibility index (Phi) is 29.8. The Morgan fingerprint density at radius 2 is 0.771 bits per heavy atom. The van der Waals surface area contributed by atoms with Gasteiger partial charge in [-0.1, -0.05) is 26.3 Å². The molecule has 4 aliphatic rings. The van der Waals surface area contributed by atoms with Crippen molar-refractivity contribution >= 4 is 52.7 Å². The van der Waals surface area contributed by atoms with E-state index in [0.717, 1.165) is 40.2 Å². The fraction of sp³-hybridized carbons (Fsp3) is 0.651. The van der Waals surface area contributed by atoms with Crippen molar-refractivity contribution in [2.75, 3.05) is 84.6 Å². The highest BCUT2D eigenvalue weighted by atomic mass is 31.2. The topological polar surface area (TPSA) is 438 Å². The molecule has 4 fully saturated rings. The van der Waals surface area contributed by atoms with Gasteiger partial charge in [-0.15, -0.1) is 59.3 Å². The van der Waals surface area contributed by atoms with Crippen molar-refractivity contribution in [1.82, 2.24) is 38.2 Å². The Morgan fingerprint density at radius 1 is 0.448 bits per heavy atom. The molecule has 0 spiro atoms. The van der Waals surface area contributed by atoms with Gasteiger partial charge in [-0.3, -0.25) is 57.4 Å². The summed E-state index contributed by atoms with van der Waals surface area (Å²) in [6.45, 7) is 18.9. The Balaban J connectivity index is 0.000000232. The second-order valence-electron chi connectivity index (χ2n) is 27.7. The highest BCUT2D eigenvalue weighted by Gasteiger charge is 2.48.